The number of aryl methyl sites for hydroxylation is 2. The Kier molecular flexibility index (Phi) is 7.69. The maximum Gasteiger partial charge on any atom is 0.260 e. The highest BCUT2D eigenvalue weighted by atomic mass is 35.5. The zero-order valence-corrected chi connectivity index (χ0v) is 14.5. The number of nitrogens with one attached hydrogen (secondary N) is 1. The van der Waals surface area contributed by atoms with Gasteiger partial charge < -0.3 is 15.0 Å². The van der Waals surface area contributed by atoms with E-state index >= 15 is 0 Å². The van der Waals surface area contributed by atoms with Gasteiger partial charge in [-0.1, -0.05) is 19.1 Å². The van der Waals surface area contributed by atoms with Gasteiger partial charge in [0, 0.05) is 19.1 Å². The lowest BCUT2D eigenvalue weighted by Gasteiger charge is -2.28. The molecule has 1 unspecified atom stereocenters. The maximum atomic E-state index is 12.5. The number of carbonyl (C=O) groups excluding carboxylic acids is 1. The standard InChI is InChI=1S/C17H26N2O2.ClH/c1-4-9-19(15-7-8-18-11-15)17(20)12-21-16-10-13(2)5-6-14(16)3;/h5-6,10,15,18H,4,7-9,11-12H2,1-3H3;1H. The predicted octanol–water partition coefficient (Wildman–Crippen LogP) is 2.70. The number of halogens is 1. The monoisotopic (exact) mass is 326 g/mol. The van der Waals surface area contributed by atoms with Crippen molar-refractivity contribution in [1.29, 1.82) is 0 Å². The lowest BCUT2D eigenvalue weighted by atomic mass is 10.1. The summed E-state index contributed by atoms with van der Waals surface area (Å²) in [5.41, 5.74) is 2.21. The summed E-state index contributed by atoms with van der Waals surface area (Å²) in [6.45, 7) is 8.97. The Bertz CT molecular complexity index is 488. The van der Waals surface area contributed by atoms with Gasteiger partial charge in [0.05, 0.1) is 0 Å². The molecule has 2 rings (SSSR count). The van der Waals surface area contributed by atoms with Crippen LogP contribution in [0.2, 0.25) is 0 Å². The average Bonchev–Trinajstić information content (AvgIpc) is 2.99. The van der Waals surface area contributed by atoms with Gasteiger partial charge in [-0.2, -0.15) is 0 Å². The molecule has 1 aliphatic rings. The number of hydrogen-bond donors (Lipinski definition) is 1. The first-order valence-corrected chi connectivity index (χ1v) is 7.82. The van der Waals surface area contributed by atoms with Gasteiger partial charge in [-0.3, -0.25) is 4.79 Å². The van der Waals surface area contributed by atoms with E-state index in [2.05, 4.69) is 18.3 Å². The van der Waals surface area contributed by atoms with Gasteiger partial charge >= 0.3 is 0 Å². The Morgan fingerprint density at radius 1 is 1.41 bits per heavy atom. The summed E-state index contributed by atoms with van der Waals surface area (Å²) in [5.74, 6) is 0.899. The SMILES string of the molecule is CCCN(C(=O)COc1cc(C)ccc1C)C1CCNC1.Cl. The van der Waals surface area contributed by atoms with Crippen molar-refractivity contribution in [1.82, 2.24) is 10.2 Å². The summed E-state index contributed by atoms with van der Waals surface area (Å²) < 4.78 is 5.75. The highest BCUT2D eigenvalue weighted by Gasteiger charge is 2.26. The minimum atomic E-state index is 0. The average molecular weight is 327 g/mol. The third-order valence-corrected chi connectivity index (χ3v) is 3.95. The van der Waals surface area contributed by atoms with Crippen molar-refractivity contribution in [3.8, 4) is 5.75 Å². The van der Waals surface area contributed by atoms with E-state index in [1.54, 1.807) is 0 Å². The number of carbonyl (C=O) groups is 1. The molecule has 0 aliphatic carbocycles. The first kappa shape index (κ1) is 18.8. The van der Waals surface area contributed by atoms with Crippen molar-refractivity contribution in [2.24, 2.45) is 0 Å². The largest absolute Gasteiger partial charge is 0.483 e. The van der Waals surface area contributed by atoms with Crippen molar-refractivity contribution in [3.05, 3.63) is 29.3 Å². The Hall–Kier alpha value is -1.26. The minimum Gasteiger partial charge on any atom is -0.483 e. The molecule has 5 heteroatoms. The van der Waals surface area contributed by atoms with Crippen LogP contribution in [-0.2, 0) is 4.79 Å². The lowest BCUT2D eigenvalue weighted by Crippen LogP contribution is -2.44. The van der Waals surface area contributed by atoms with Crippen LogP contribution >= 0.6 is 12.4 Å². The molecule has 1 atom stereocenters. The number of rotatable bonds is 6. The fraction of sp³-hybridized carbons (Fsp3) is 0.588. The Balaban J connectivity index is 0.00000242. The first-order valence-electron chi connectivity index (χ1n) is 7.82. The second-order valence-corrected chi connectivity index (χ2v) is 5.79. The van der Waals surface area contributed by atoms with Gasteiger partial charge in [-0.15, -0.1) is 12.4 Å². The number of nitrogens with zero attached hydrogens (tertiary/aromatic N) is 1. The van der Waals surface area contributed by atoms with E-state index in [9.17, 15) is 4.79 Å². The molecular formula is C17H27ClN2O2. The summed E-state index contributed by atoms with van der Waals surface area (Å²) in [6, 6.07) is 6.39. The molecule has 1 N–H and O–H groups in total. The van der Waals surface area contributed by atoms with Crippen LogP contribution in [0.4, 0.5) is 0 Å². The van der Waals surface area contributed by atoms with Crippen LogP contribution in [0.5, 0.6) is 5.75 Å². The molecule has 124 valence electrons. The summed E-state index contributed by atoms with van der Waals surface area (Å²) in [5, 5.41) is 3.32. The third kappa shape index (κ3) is 4.89. The Labute approximate surface area is 139 Å². The Morgan fingerprint density at radius 3 is 2.82 bits per heavy atom. The quantitative estimate of drug-likeness (QED) is 0.874. The second kappa shape index (κ2) is 9.01. The van der Waals surface area contributed by atoms with Crippen LogP contribution in [0.3, 0.4) is 0 Å². The van der Waals surface area contributed by atoms with E-state index in [1.165, 1.54) is 0 Å². The molecule has 0 bridgehead atoms. The molecule has 1 aromatic carbocycles. The maximum absolute atomic E-state index is 12.5. The molecule has 4 nitrogen and oxygen atoms in total. The van der Waals surface area contributed by atoms with Crippen LogP contribution in [0.15, 0.2) is 18.2 Å². The molecule has 1 heterocycles. The van der Waals surface area contributed by atoms with Gasteiger partial charge in [0.2, 0.25) is 0 Å². The smallest absolute Gasteiger partial charge is 0.260 e. The van der Waals surface area contributed by atoms with E-state index in [0.717, 1.165) is 49.4 Å². The van der Waals surface area contributed by atoms with Gasteiger partial charge in [-0.25, -0.2) is 0 Å². The zero-order valence-electron chi connectivity index (χ0n) is 13.7. The second-order valence-electron chi connectivity index (χ2n) is 5.79. The van der Waals surface area contributed by atoms with Gasteiger partial charge in [0.25, 0.3) is 5.91 Å². The van der Waals surface area contributed by atoms with Crippen LogP contribution < -0.4 is 10.1 Å². The molecule has 0 saturated carbocycles. The van der Waals surface area contributed by atoms with E-state index in [0.29, 0.717) is 6.04 Å². The van der Waals surface area contributed by atoms with Crippen LogP contribution in [0.1, 0.15) is 30.9 Å². The molecule has 1 aliphatic heterocycles. The number of amides is 1. The fourth-order valence-electron chi connectivity index (χ4n) is 2.74. The Morgan fingerprint density at radius 2 is 2.18 bits per heavy atom. The molecule has 0 radical (unpaired) electrons. The van der Waals surface area contributed by atoms with Crippen molar-refractivity contribution < 1.29 is 9.53 Å². The molecule has 0 aromatic heterocycles. The van der Waals surface area contributed by atoms with E-state index < -0.39 is 0 Å². The predicted molar refractivity (Wildman–Crippen MR) is 91.9 cm³/mol. The highest BCUT2D eigenvalue weighted by molar-refractivity contribution is 5.85. The minimum absolute atomic E-state index is 0. The number of ether oxygens (including phenoxy) is 1. The molecule has 1 fully saturated rings. The zero-order chi connectivity index (χ0) is 15.2. The molecule has 0 spiro atoms. The van der Waals surface area contributed by atoms with Crippen LogP contribution in [0.25, 0.3) is 0 Å². The fourth-order valence-corrected chi connectivity index (χ4v) is 2.74. The van der Waals surface area contributed by atoms with Crippen molar-refractivity contribution in [3.63, 3.8) is 0 Å². The van der Waals surface area contributed by atoms with Gasteiger partial charge in [0.1, 0.15) is 5.75 Å². The topological polar surface area (TPSA) is 41.6 Å². The van der Waals surface area contributed by atoms with Crippen LogP contribution in [0, 0.1) is 13.8 Å². The van der Waals surface area contributed by atoms with Gasteiger partial charge in [-0.05, 0) is 50.4 Å². The summed E-state index contributed by atoms with van der Waals surface area (Å²) >= 11 is 0. The molecular weight excluding hydrogens is 300 g/mol. The third-order valence-electron chi connectivity index (χ3n) is 3.95. The molecule has 1 saturated heterocycles. The lowest BCUT2D eigenvalue weighted by molar-refractivity contribution is -0.135. The van der Waals surface area contributed by atoms with E-state index in [-0.39, 0.29) is 24.9 Å². The molecule has 1 aromatic rings. The number of benzene rings is 1. The van der Waals surface area contributed by atoms with Crippen molar-refractivity contribution >= 4 is 18.3 Å². The number of hydrogen-bond acceptors (Lipinski definition) is 3. The van der Waals surface area contributed by atoms with Gasteiger partial charge in [0.15, 0.2) is 6.61 Å². The summed E-state index contributed by atoms with van der Waals surface area (Å²) in [4.78, 5) is 14.4. The highest BCUT2D eigenvalue weighted by Crippen LogP contribution is 2.19. The van der Waals surface area contributed by atoms with E-state index in [4.69, 9.17) is 4.74 Å². The summed E-state index contributed by atoms with van der Waals surface area (Å²) in [6.07, 6.45) is 2.01. The normalized spacial score (nSPS) is 17.0. The first-order chi connectivity index (χ1) is 10.1. The van der Waals surface area contributed by atoms with Crippen molar-refractivity contribution in [2.75, 3.05) is 26.2 Å². The van der Waals surface area contributed by atoms with Crippen LogP contribution in [-0.4, -0.2) is 43.1 Å². The molecule has 22 heavy (non-hydrogen) atoms. The van der Waals surface area contributed by atoms with Crippen molar-refractivity contribution in [2.45, 2.75) is 39.7 Å². The molecule has 1 amide bonds. The summed E-state index contributed by atoms with van der Waals surface area (Å²) in [7, 11) is 0. The van der Waals surface area contributed by atoms with E-state index in [1.807, 2.05) is 30.9 Å².